The number of amides is 1. The number of nitrogens with zero attached hydrogens (tertiary/aromatic N) is 2. The van der Waals surface area contributed by atoms with Crippen molar-refractivity contribution < 1.29 is 13.2 Å². The van der Waals surface area contributed by atoms with Crippen molar-refractivity contribution in [1.82, 2.24) is 9.21 Å². The molecule has 6 heteroatoms. The summed E-state index contributed by atoms with van der Waals surface area (Å²) in [5.41, 5.74) is 2.32. The largest absolute Gasteiger partial charge is 0.341 e. The lowest BCUT2D eigenvalue weighted by Gasteiger charge is -2.27. The Morgan fingerprint density at radius 3 is 2.48 bits per heavy atom. The smallest absolute Gasteiger partial charge is 0.253 e. The molecule has 0 fully saturated rings. The molecule has 0 N–H and O–H groups in total. The van der Waals surface area contributed by atoms with E-state index in [1.54, 1.807) is 31.1 Å². The number of likely N-dealkylation sites (N-methyl/N-ethyl adjacent to an activating group) is 1. The molecule has 0 unspecified atom stereocenters. The Bertz CT molecular complexity index is 894. The van der Waals surface area contributed by atoms with E-state index in [1.807, 2.05) is 37.3 Å². The molecule has 5 nitrogen and oxygen atoms in total. The van der Waals surface area contributed by atoms with Crippen molar-refractivity contribution >= 4 is 15.9 Å². The van der Waals surface area contributed by atoms with E-state index in [2.05, 4.69) is 0 Å². The van der Waals surface area contributed by atoms with Gasteiger partial charge in [0.2, 0.25) is 10.0 Å². The van der Waals surface area contributed by atoms with Crippen molar-refractivity contribution in [3.8, 4) is 0 Å². The van der Waals surface area contributed by atoms with Gasteiger partial charge in [0.15, 0.2) is 0 Å². The number of sulfonamides is 1. The van der Waals surface area contributed by atoms with Crippen molar-refractivity contribution in [2.45, 2.75) is 24.3 Å². The topological polar surface area (TPSA) is 57.7 Å². The summed E-state index contributed by atoms with van der Waals surface area (Å²) in [6.07, 6.45) is 0.666. The Hall–Kier alpha value is -2.18. The van der Waals surface area contributed by atoms with Gasteiger partial charge in [-0.05, 0) is 42.7 Å². The van der Waals surface area contributed by atoms with Gasteiger partial charge in [0, 0.05) is 32.2 Å². The van der Waals surface area contributed by atoms with E-state index >= 15 is 0 Å². The third-order valence-electron chi connectivity index (χ3n) is 4.87. The second kappa shape index (κ2) is 6.61. The molecule has 0 bridgehead atoms. The number of hydrogen-bond donors (Lipinski definition) is 0. The van der Waals surface area contributed by atoms with Crippen molar-refractivity contribution in [3.05, 3.63) is 65.2 Å². The fourth-order valence-electron chi connectivity index (χ4n) is 3.06. The Labute approximate surface area is 148 Å². The van der Waals surface area contributed by atoms with Crippen LogP contribution in [0.1, 0.15) is 34.5 Å². The maximum absolute atomic E-state index is 13.0. The molecule has 2 aromatic carbocycles. The molecular formula is C19H22N2O3S. The lowest BCUT2D eigenvalue weighted by molar-refractivity contribution is 0.0780. The van der Waals surface area contributed by atoms with Crippen LogP contribution in [0.5, 0.6) is 0 Å². The summed E-state index contributed by atoms with van der Waals surface area (Å²) in [5, 5.41) is 0. The van der Waals surface area contributed by atoms with Crippen LogP contribution in [0.15, 0.2) is 53.4 Å². The van der Waals surface area contributed by atoms with Crippen molar-refractivity contribution in [3.63, 3.8) is 0 Å². The van der Waals surface area contributed by atoms with Gasteiger partial charge in [0.25, 0.3) is 5.91 Å². The Balaban J connectivity index is 1.94. The number of carbonyl (C=O) groups is 1. The first-order valence-corrected chi connectivity index (χ1v) is 9.67. The highest BCUT2D eigenvalue weighted by atomic mass is 32.2. The van der Waals surface area contributed by atoms with E-state index in [9.17, 15) is 13.2 Å². The Morgan fingerprint density at radius 2 is 1.80 bits per heavy atom. The lowest BCUT2D eigenvalue weighted by Crippen LogP contribution is -2.34. The molecule has 1 aliphatic heterocycles. The minimum absolute atomic E-state index is 0.0591. The molecule has 3 rings (SSSR count). The van der Waals surface area contributed by atoms with Gasteiger partial charge in [0.1, 0.15) is 0 Å². The summed E-state index contributed by atoms with van der Waals surface area (Å²) < 4.78 is 27.4. The molecular weight excluding hydrogens is 336 g/mol. The van der Waals surface area contributed by atoms with Gasteiger partial charge in [-0.15, -0.1) is 0 Å². The zero-order chi connectivity index (χ0) is 18.2. The Morgan fingerprint density at radius 1 is 1.12 bits per heavy atom. The molecule has 0 radical (unpaired) electrons. The van der Waals surface area contributed by atoms with Gasteiger partial charge in [0.05, 0.1) is 4.90 Å². The van der Waals surface area contributed by atoms with Gasteiger partial charge >= 0.3 is 0 Å². The molecule has 1 aliphatic rings. The quantitative estimate of drug-likeness (QED) is 0.844. The maximum atomic E-state index is 13.0. The fraction of sp³-hybridized carbons (Fsp3) is 0.316. The number of benzene rings is 2. The van der Waals surface area contributed by atoms with Crippen LogP contribution in [0.25, 0.3) is 0 Å². The number of rotatable bonds is 4. The minimum Gasteiger partial charge on any atom is -0.341 e. The Kier molecular flexibility index (Phi) is 4.67. The monoisotopic (exact) mass is 358 g/mol. The van der Waals surface area contributed by atoms with Gasteiger partial charge in [-0.25, -0.2) is 8.42 Å². The minimum atomic E-state index is -3.64. The maximum Gasteiger partial charge on any atom is 0.253 e. The third-order valence-corrected chi connectivity index (χ3v) is 6.80. The van der Waals surface area contributed by atoms with E-state index < -0.39 is 10.0 Å². The van der Waals surface area contributed by atoms with E-state index in [0.717, 1.165) is 11.1 Å². The lowest BCUT2D eigenvalue weighted by atomic mass is 10.00. The highest BCUT2D eigenvalue weighted by Gasteiger charge is 2.29. The van der Waals surface area contributed by atoms with Gasteiger partial charge in [-0.1, -0.05) is 30.3 Å². The SMILES string of the molecule is C[C@@H](c1ccccc1)N(C)S(=O)(=O)c1ccc2c(c1)CCN(C)C2=O. The zero-order valence-electron chi connectivity index (χ0n) is 14.6. The van der Waals surface area contributed by atoms with Crippen LogP contribution in [0.3, 0.4) is 0 Å². The highest BCUT2D eigenvalue weighted by Crippen LogP contribution is 2.28. The van der Waals surface area contributed by atoms with Crippen LogP contribution in [0.4, 0.5) is 0 Å². The van der Waals surface area contributed by atoms with Crippen LogP contribution in [0.2, 0.25) is 0 Å². The average Bonchev–Trinajstić information content (AvgIpc) is 2.64. The molecule has 0 saturated carbocycles. The molecule has 0 aliphatic carbocycles. The normalized spacial score (nSPS) is 16.0. The summed E-state index contributed by atoms with van der Waals surface area (Å²) in [6.45, 7) is 2.47. The summed E-state index contributed by atoms with van der Waals surface area (Å²) in [5.74, 6) is -0.0591. The van der Waals surface area contributed by atoms with Gasteiger partial charge < -0.3 is 4.90 Å². The molecule has 0 saturated heterocycles. The summed E-state index contributed by atoms with van der Waals surface area (Å²) >= 11 is 0. The molecule has 132 valence electrons. The van der Waals surface area contributed by atoms with Crippen molar-refractivity contribution in [2.75, 3.05) is 20.6 Å². The molecule has 1 amide bonds. The summed E-state index contributed by atoms with van der Waals surface area (Å²) in [6, 6.07) is 14.0. The third kappa shape index (κ3) is 3.19. The first-order chi connectivity index (χ1) is 11.8. The molecule has 0 aromatic heterocycles. The van der Waals surface area contributed by atoms with Crippen molar-refractivity contribution in [1.29, 1.82) is 0 Å². The van der Waals surface area contributed by atoms with Crippen molar-refractivity contribution in [2.24, 2.45) is 0 Å². The second-order valence-corrected chi connectivity index (χ2v) is 8.40. The summed E-state index contributed by atoms with van der Waals surface area (Å²) in [4.78, 5) is 14.1. The number of carbonyl (C=O) groups excluding carboxylic acids is 1. The van der Waals surface area contributed by atoms with Gasteiger partial charge in [-0.2, -0.15) is 4.31 Å². The number of fused-ring (bicyclic) bond motifs is 1. The molecule has 0 spiro atoms. The molecule has 2 aromatic rings. The standard InChI is InChI=1S/C19H22N2O3S/c1-14(15-7-5-4-6-8-15)21(3)25(23,24)17-9-10-18-16(13-17)11-12-20(2)19(18)22/h4-10,13-14H,11-12H2,1-3H3/t14-/m0/s1. The predicted octanol–water partition coefficient (Wildman–Crippen LogP) is 2.70. The van der Waals surface area contributed by atoms with Crippen LogP contribution in [0, 0.1) is 0 Å². The molecule has 1 atom stereocenters. The van der Waals surface area contributed by atoms with Crippen LogP contribution < -0.4 is 0 Å². The van der Waals surface area contributed by atoms with Crippen LogP contribution in [-0.4, -0.2) is 44.2 Å². The second-order valence-electron chi connectivity index (χ2n) is 6.40. The molecule has 1 heterocycles. The fourth-order valence-corrected chi connectivity index (χ4v) is 4.46. The van der Waals surface area contributed by atoms with E-state index in [-0.39, 0.29) is 16.8 Å². The first-order valence-electron chi connectivity index (χ1n) is 8.23. The molecule has 25 heavy (non-hydrogen) atoms. The average molecular weight is 358 g/mol. The predicted molar refractivity (Wildman–Crippen MR) is 96.9 cm³/mol. The number of hydrogen-bond acceptors (Lipinski definition) is 3. The summed E-state index contributed by atoms with van der Waals surface area (Å²) in [7, 11) is -0.299. The van der Waals surface area contributed by atoms with Crippen LogP contribution in [-0.2, 0) is 16.4 Å². The first kappa shape index (κ1) is 17.6. The van der Waals surface area contributed by atoms with E-state index in [4.69, 9.17) is 0 Å². The zero-order valence-corrected chi connectivity index (χ0v) is 15.5. The van der Waals surface area contributed by atoms with Crippen LogP contribution >= 0.6 is 0 Å². The van der Waals surface area contributed by atoms with E-state index in [0.29, 0.717) is 18.5 Å². The van der Waals surface area contributed by atoms with E-state index in [1.165, 1.54) is 10.4 Å². The highest BCUT2D eigenvalue weighted by molar-refractivity contribution is 7.89. The van der Waals surface area contributed by atoms with Gasteiger partial charge in [-0.3, -0.25) is 4.79 Å².